The van der Waals surface area contributed by atoms with E-state index < -0.39 is 86.8 Å². The predicted molar refractivity (Wildman–Crippen MR) is 221 cm³/mol. The normalized spacial score (nSPS) is 29.1. The van der Waals surface area contributed by atoms with Crippen LogP contribution in [0.25, 0.3) is 0 Å². The number of hydrogen-bond donors (Lipinski definition) is 9. The molecule has 0 radical (unpaired) electrons. The van der Waals surface area contributed by atoms with Gasteiger partial charge in [0.2, 0.25) is 5.91 Å². The van der Waals surface area contributed by atoms with E-state index in [1.54, 1.807) is 6.08 Å². The Bertz CT molecular complexity index is 1120. The lowest BCUT2D eigenvalue weighted by Gasteiger charge is -2.46. The zero-order valence-corrected chi connectivity index (χ0v) is 35.3. The summed E-state index contributed by atoms with van der Waals surface area (Å²) >= 11 is 0. The van der Waals surface area contributed by atoms with Crippen LogP contribution in [0.15, 0.2) is 36.5 Å². The lowest BCUT2D eigenvalue weighted by Crippen LogP contribution is -2.65. The number of carbonyl (C=O) groups excluding carboxylic acids is 1. The third-order valence-electron chi connectivity index (χ3n) is 10.8. The van der Waals surface area contributed by atoms with Gasteiger partial charge in [0.1, 0.15) is 48.8 Å². The van der Waals surface area contributed by atoms with Crippen LogP contribution in [0.1, 0.15) is 142 Å². The number of rotatable bonds is 32. The molecule has 2 saturated heterocycles. The first-order chi connectivity index (χ1) is 28.1. The summed E-state index contributed by atoms with van der Waals surface area (Å²) in [7, 11) is 0. The van der Waals surface area contributed by atoms with Crippen LogP contribution in [-0.2, 0) is 23.7 Å². The summed E-state index contributed by atoms with van der Waals surface area (Å²) in [5.41, 5.74) is 0. The molecule has 2 aliphatic heterocycles. The Morgan fingerprint density at radius 3 is 1.69 bits per heavy atom. The average molecular weight is 830 g/mol. The maximum absolute atomic E-state index is 13.0. The lowest BCUT2D eigenvalue weighted by molar-refractivity contribution is -0.359. The molecular weight excluding hydrogens is 750 g/mol. The Hall–Kier alpha value is -1.79. The monoisotopic (exact) mass is 830 g/mol. The molecule has 2 aliphatic rings. The number of aliphatic hydroxyl groups is 8. The number of ether oxygens (including phenoxy) is 4. The number of amides is 1. The molecule has 0 aromatic heterocycles. The van der Waals surface area contributed by atoms with Gasteiger partial charge in [-0.3, -0.25) is 4.79 Å². The molecule has 0 bridgehead atoms. The zero-order chi connectivity index (χ0) is 42.5. The summed E-state index contributed by atoms with van der Waals surface area (Å²) in [4.78, 5) is 13.0. The van der Waals surface area contributed by atoms with Gasteiger partial charge in [-0.1, -0.05) is 127 Å². The van der Waals surface area contributed by atoms with Crippen LogP contribution in [-0.4, -0.2) is 140 Å². The molecule has 2 heterocycles. The standard InChI is InChI=1S/C44H79NO13/c1-3-5-7-9-11-12-13-14-15-16-17-18-19-20-22-23-25-27-33(48)32(45-36(49)28-26-24-21-10-8-6-4-2)31-55-43-41(54)39(52)42(35(30-47)57-43)58-44-40(53)38(51)37(50)34(29-46)56-44/h15-16,19-20,25,27,32-35,37-44,46-48,50-54H,3-14,17-18,21-24,26,28-31H2,1-2H3,(H,45,49)/b16-15+,20-19+,27-25+. The van der Waals surface area contributed by atoms with Crippen molar-refractivity contribution in [3.05, 3.63) is 36.5 Å². The SMILES string of the molecule is CCCCCCCCC/C=C/CC/C=C/CC/C=C/C(O)C(COC1OC(CO)C(OC2OC(CO)C(O)C(O)C2O)C(O)C1O)NC(=O)CCCCCCCCC. The highest BCUT2D eigenvalue weighted by Gasteiger charge is 2.50. The quantitative estimate of drug-likeness (QED) is 0.0346. The molecule has 0 saturated carbocycles. The van der Waals surface area contributed by atoms with Crippen LogP contribution in [0.3, 0.4) is 0 Å². The summed E-state index contributed by atoms with van der Waals surface area (Å²) in [6.45, 7) is 2.66. The first-order valence-corrected chi connectivity index (χ1v) is 22.2. The van der Waals surface area contributed by atoms with Crippen molar-refractivity contribution in [2.45, 2.75) is 216 Å². The highest BCUT2D eigenvalue weighted by molar-refractivity contribution is 5.76. The van der Waals surface area contributed by atoms with Gasteiger partial charge < -0.3 is 65.1 Å². The fourth-order valence-electron chi connectivity index (χ4n) is 7.08. The minimum Gasteiger partial charge on any atom is -0.394 e. The number of unbranched alkanes of at least 4 members (excludes halogenated alkanes) is 15. The summed E-state index contributed by atoms with van der Waals surface area (Å²) in [6, 6.07) is -0.930. The lowest BCUT2D eigenvalue weighted by atomic mass is 9.97. The Labute approximate surface area is 347 Å². The highest BCUT2D eigenvalue weighted by Crippen LogP contribution is 2.30. The second kappa shape index (κ2) is 32.0. The van der Waals surface area contributed by atoms with Crippen LogP contribution in [0.4, 0.5) is 0 Å². The van der Waals surface area contributed by atoms with Crippen LogP contribution in [0.2, 0.25) is 0 Å². The first-order valence-electron chi connectivity index (χ1n) is 22.2. The molecule has 2 fully saturated rings. The smallest absolute Gasteiger partial charge is 0.220 e. The largest absolute Gasteiger partial charge is 0.394 e. The van der Waals surface area contributed by atoms with Gasteiger partial charge >= 0.3 is 0 Å². The number of carbonyl (C=O) groups is 1. The molecule has 12 unspecified atom stereocenters. The van der Waals surface area contributed by atoms with Crippen molar-refractivity contribution in [1.82, 2.24) is 5.32 Å². The van der Waals surface area contributed by atoms with Gasteiger partial charge in [-0.15, -0.1) is 0 Å². The maximum Gasteiger partial charge on any atom is 0.220 e. The third-order valence-corrected chi connectivity index (χ3v) is 10.8. The van der Waals surface area contributed by atoms with E-state index in [-0.39, 0.29) is 18.9 Å². The molecule has 0 aliphatic carbocycles. The fraction of sp³-hybridized carbons (Fsp3) is 0.841. The minimum absolute atomic E-state index is 0.264. The molecule has 2 rings (SSSR count). The molecule has 0 aromatic rings. The van der Waals surface area contributed by atoms with Gasteiger partial charge in [-0.2, -0.15) is 0 Å². The second-order valence-electron chi connectivity index (χ2n) is 15.8. The number of allylic oxidation sites excluding steroid dienone is 5. The molecule has 1 amide bonds. The first kappa shape index (κ1) is 52.3. The van der Waals surface area contributed by atoms with Gasteiger partial charge in [0.25, 0.3) is 0 Å². The predicted octanol–water partition coefficient (Wildman–Crippen LogP) is 3.98. The minimum atomic E-state index is -1.79. The van der Waals surface area contributed by atoms with Gasteiger partial charge in [-0.25, -0.2) is 0 Å². The van der Waals surface area contributed by atoms with E-state index >= 15 is 0 Å². The molecule has 14 nitrogen and oxygen atoms in total. The summed E-state index contributed by atoms with van der Waals surface area (Å²) in [6.07, 6.45) is 16.5. The number of nitrogens with one attached hydrogen (secondary N) is 1. The van der Waals surface area contributed by atoms with Crippen molar-refractivity contribution in [1.29, 1.82) is 0 Å². The average Bonchev–Trinajstić information content (AvgIpc) is 3.22. The highest BCUT2D eigenvalue weighted by atomic mass is 16.7. The Morgan fingerprint density at radius 1 is 0.603 bits per heavy atom. The molecule has 338 valence electrons. The molecule has 9 N–H and O–H groups in total. The topological polar surface area (TPSA) is 228 Å². The van der Waals surface area contributed by atoms with E-state index in [0.29, 0.717) is 12.8 Å². The Morgan fingerprint density at radius 2 is 1.10 bits per heavy atom. The van der Waals surface area contributed by atoms with Crippen molar-refractivity contribution in [3.63, 3.8) is 0 Å². The molecule has 0 aromatic carbocycles. The summed E-state index contributed by atoms with van der Waals surface area (Å²) < 4.78 is 22.5. The van der Waals surface area contributed by atoms with Gasteiger partial charge in [0.15, 0.2) is 12.6 Å². The van der Waals surface area contributed by atoms with E-state index in [1.165, 1.54) is 57.8 Å². The fourth-order valence-corrected chi connectivity index (χ4v) is 7.08. The molecule has 0 spiro atoms. The number of hydrogen-bond acceptors (Lipinski definition) is 13. The number of aliphatic hydroxyl groups excluding tert-OH is 8. The van der Waals surface area contributed by atoms with Crippen molar-refractivity contribution in [3.8, 4) is 0 Å². The second-order valence-corrected chi connectivity index (χ2v) is 15.8. The third kappa shape index (κ3) is 20.2. The van der Waals surface area contributed by atoms with Gasteiger partial charge in [0.05, 0.1) is 32.0 Å². The molecule has 12 atom stereocenters. The van der Waals surface area contributed by atoms with Gasteiger partial charge in [0, 0.05) is 6.42 Å². The van der Waals surface area contributed by atoms with E-state index in [2.05, 4.69) is 43.5 Å². The molecule has 14 heteroatoms. The summed E-state index contributed by atoms with van der Waals surface area (Å²) in [5.74, 6) is -0.264. The molecule has 58 heavy (non-hydrogen) atoms. The van der Waals surface area contributed by atoms with E-state index in [4.69, 9.17) is 18.9 Å². The van der Waals surface area contributed by atoms with E-state index in [1.807, 2.05) is 6.08 Å². The maximum atomic E-state index is 13.0. The van der Waals surface area contributed by atoms with Crippen molar-refractivity contribution < 1.29 is 64.6 Å². The van der Waals surface area contributed by atoms with Crippen LogP contribution in [0.5, 0.6) is 0 Å². The van der Waals surface area contributed by atoms with Gasteiger partial charge in [-0.05, 0) is 44.9 Å². The van der Waals surface area contributed by atoms with Crippen molar-refractivity contribution >= 4 is 5.91 Å². The summed E-state index contributed by atoms with van der Waals surface area (Å²) in [5, 5.41) is 86.2. The Kier molecular flexibility index (Phi) is 28.9. The van der Waals surface area contributed by atoms with Crippen molar-refractivity contribution in [2.24, 2.45) is 0 Å². The van der Waals surface area contributed by atoms with E-state index in [9.17, 15) is 45.6 Å². The van der Waals surface area contributed by atoms with Crippen LogP contribution in [0, 0.1) is 0 Å². The Balaban J connectivity index is 1.91. The van der Waals surface area contributed by atoms with Crippen LogP contribution < -0.4 is 5.32 Å². The molecular formula is C44H79NO13. The zero-order valence-electron chi connectivity index (χ0n) is 35.3. The van der Waals surface area contributed by atoms with E-state index in [0.717, 1.165) is 51.4 Å². The van der Waals surface area contributed by atoms with Crippen molar-refractivity contribution in [2.75, 3.05) is 19.8 Å². The van der Waals surface area contributed by atoms with Crippen LogP contribution >= 0.6 is 0 Å².